The Morgan fingerprint density at radius 3 is 2.40 bits per heavy atom. The summed E-state index contributed by atoms with van der Waals surface area (Å²) in [6, 6.07) is 9.23. The minimum Gasteiger partial charge on any atom is -0.320 e. The lowest BCUT2D eigenvalue weighted by molar-refractivity contribution is -0.137. The number of amides is 1. The van der Waals surface area contributed by atoms with Gasteiger partial charge in [0.05, 0.1) is 16.9 Å². The van der Waals surface area contributed by atoms with Crippen LogP contribution in [-0.2, 0) is 6.18 Å². The van der Waals surface area contributed by atoms with E-state index in [1.807, 2.05) is 0 Å². The van der Waals surface area contributed by atoms with Crippen LogP contribution in [0.2, 0.25) is 0 Å². The number of nitrogens with one attached hydrogen (secondary N) is 1. The SMILES string of the molecule is O=C(Nc1cc(C(F)(F)F)ccc1-n1cccn1)c1ccc(F)cc1. The molecule has 4 nitrogen and oxygen atoms in total. The van der Waals surface area contributed by atoms with Crippen molar-refractivity contribution in [3.8, 4) is 5.69 Å². The molecule has 0 aliphatic carbocycles. The molecule has 0 saturated carbocycles. The van der Waals surface area contributed by atoms with Crippen molar-refractivity contribution in [2.24, 2.45) is 0 Å². The first-order chi connectivity index (χ1) is 11.8. The largest absolute Gasteiger partial charge is 0.416 e. The van der Waals surface area contributed by atoms with Gasteiger partial charge in [-0.1, -0.05) is 0 Å². The molecule has 128 valence electrons. The number of rotatable bonds is 3. The van der Waals surface area contributed by atoms with E-state index in [1.165, 1.54) is 35.3 Å². The first-order valence-corrected chi connectivity index (χ1v) is 7.13. The topological polar surface area (TPSA) is 46.9 Å². The zero-order valence-corrected chi connectivity index (χ0v) is 12.6. The summed E-state index contributed by atoms with van der Waals surface area (Å²) in [6.45, 7) is 0. The Kier molecular flexibility index (Phi) is 4.26. The predicted octanol–water partition coefficient (Wildman–Crippen LogP) is 4.28. The van der Waals surface area contributed by atoms with Gasteiger partial charge in [-0.2, -0.15) is 18.3 Å². The third kappa shape index (κ3) is 3.68. The molecule has 1 amide bonds. The molecule has 0 aliphatic rings. The normalized spacial score (nSPS) is 11.4. The maximum Gasteiger partial charge on any atom is 0.416 e. The summed E-state index contributed by atoms with van der Waals surface area (Å²) >= 11 is 0. The van der Waals surface area contributed by atoms with E-state index in [4.69, 9.17) is 0 Å². The molecule has 0 spiro atoms. The molecule has 0 bridgehead atoms. The molecule has 0 radical (unpaired) electrons. The number of alkyl halides is 3. The van der Waals surface area contributed by atoms with Gasteiger partial charge in [0.1, 0.15) is 5.82 Å². The number of anilines is 1. The lowest BCUT2D eigenvalue weighted by Crippen LogP contribution is -2.15. The molecule has 0 saturated heterocycles. The smallest absolute Gasteiger partial charge is 0.320 e. The van der Waals surface area contributed by atoms with Crippen LogP contribution in [0.1, 0.15) is 15.9 Å². The molecular weight excluding hydrogens is 338 g/mol. The van der Waals surface area contributed by atoms with Crippen molar-refractivity contribution in [2.75, 3.05) is 5.32 Å². The fourth-order valence-electron chi connectivity index (χ4n) is 2.22. The van der Waals surface area contributed by atoms with Crippen LogP contribution in [0.4, 0.5) is 23.2 Å². The highest BCUT2D eigenvalue weighted by atomic mass is 19.4. The molecule has 0 atom stereocenters. The van der Waals surface area contributed by atoms with E-state index in [2.05, 4.69) is 10.4 Å². The van der Waals surface area contributed by atoms with Crippen LogP contribution < -0.4 is 5.32 Å². The monoisotopic (exact) mass is 349 g/mol. The van der Waals surface area contributed by atoms with Gasteiger partial charge in [0, 0.05) is 18.0 Å². The Labute approximate surface area is 139 Å². The lowest BCUT2D eigenvalue weighted by atomic mass is 10.1. The summed E-state index contributed by atoms with van der Waals surface area (Å²) in [6.07, 6.45) is -1.56. The van der Waals surface area contributed by atoms with E-state index in [9.17, 15) is 22.4 Å². The summed E-state index contributed by atoms with van der Waals surface area (Å²) in [5.41, 5.74) is -0.579. The standard InChI is InChI=1S/C17H11F4N3O/c18-13-5-2-11(3-6-13)16(25)23-14-10-12(17(19,20)21)4-7-15(14)24-9-1-8-22-24/h1-10H,(H,23,25). The van der Waals surface area contributed by atoms with Crippen LogP contribution in [-0.4, -0.2) is 15.7 Å². The number of nitrogens with zero attached hydrogens (tertiary/aromatic N) is 2. The van der Waals surface area contributed by atoms with Crippen LogP contribution in [0.25, 0.3) is 5.69 Å². The van der Waals surface area contributed by atoms with Crippen molar-refractivity contribution in [1.82, 2.24) is 9.78 Å². The van der Waals surface area contributed by atoms with Crippen molar-refractivity contribution in [2.45, 2.75) is 6.18 Å². The third-order valence-electron chi connectivity index (χ3n) is 3.43. The second-order valence-electron chi connectivity index (χ2n) is 5.14. The second-order valence-corrected chi connectivity index (χ2v) is 5.14. The van der Waals surface area contributed by atoms with E-state index in [0.29, 0.717) is 0 Å². The Morgan fingerprint density at radius 2 is 1.80 bits per heavy atom. The van der Waals surface area contributed by atoms with Crippen molar-refractivity contribution >= 4 is 11.6 Å². The molecule has 2 aromatic carbocycles. The molecule has 25 heavy (non-hydrogen) atoms. The van der Waals surface area contributed by atoms with Crippen LogP contribution in [0.3, 0.4) is 0 Å². The fourth-order valence-corrected chi connectivity index (χ4v) is 2.22. The zero-order chi connectivity index (χ0) is 18.0. The van der Waals surface area contributed by atoms with E-state index >= 15 is 0 Å². The Balaban J connectivity index is 2.00. The van der Waals surface area contributed by atoms with Gasteiger partial charge in [-0.3, -0.25) is 4.79 Å². The Bertz CT molecular complexity index is 887. The van der Waals surface area contributed by atoms with Gasteiger partial charge in [-0.15, -0.1) is 0 Å². The number of carbonyl (C=O) groups is 1. The molecule has 0 aliphatic heterocycles. The van der Waals surface area contributed by atoms with Crippen LogP contribution in [0.5, 0.6) is 0 Å². The van der Waals surface area contributed by atoms with Crippen molar-refractivity contribution in [3.63, 3.8) is 0 Å². The van der Waals surface area contributed by atoms with Gasteiger partial charge in [0.15, 0.2) is 0 Å². The number of benzene rings is 2. The molecule has 0 unspecified atom stereocenters. The predicted molar refractivity (Wildman–Crippen MR) is 82.9 cm³/mol. The first-order valence-electron chi connectivity index (χ1n) is 7.13. The number of carbonyl (C=O) groups excluding carboxylic acids is 1. The van der Waals surface area contributed by atoms with Gasteiger partial charge in [0.2, 0.25) is 0 Å². The van der Waals surface area contributed by atoms with Crippen molar-refractivity contribution in [3.05, 3.63) is 77.9 Å². The molecule has 1 N–H and O–H groups in total. The molecular formula is C17H11F4N3O. The number of hydrogen-bond donors (Lipinski definition) is 1. The van der Waals surface area contributed by atoms with Crippen molar-refractivity contribution < 1.29 is 22.4 Å². The Hall–Kier alpha value is -3.16. The van der Waals surface area contributed by atoms with E-state index in [-0.39, 0.29) is 16.9 Å². The molecule has 3 rings (SSSR count). The van der Waals surface area contributed by atoms with E-state index < -0.39 is 23.5 Å². The third-order valence-corrected chi connectivity index (χ3v) is 3.43. The minimum absolute atomic E-state index is 0.0622. The van der Waals surface area contributed by atoms with Crippen molar-refractivity contribution in [1.29, 1.82) is 0 Å². The maximum absolute atomic E-state index is 13.0. The molecule has 3 aromatic rings. The molecule has 8 heteroatoms. The summed E-state index contributed by atoms with van der Waals surface area (Å²) < 4.78 is 53.2. The number of hydrogen-bond acceptors (Lipinski definition) is 2. The molecule has 1 heterocycles. The summed E-state index contributed by atoms with van der Waals surface area (Å²) in [5, 5.41) is 6.39. The van der Waals surface area contributed by atoms with Crippen LogP contribution in [0, 0.1) is 5.82 Å². The quantitative estimate of drug-likeness (QED) is 0.718. The van der Waals surface area contributed by atoms with Crippen LogP contribution >= 0.6 is 0 Å². The van der Waals surface area contributed by atoms with E-state index in [1.54, 1.807) is 6.07 Å². The van der Waals surface area contributed by atoms with Gasteiger partial charge >= 0.3 is 6.18 Å². The van der Waals surface area contributed by atoms with Gasteiger partial charge < -0.3 is 5.32 Å². The second kappa shape index (κ2) is 6.39. The average Bonchev–Trinajstić information content (AvgIpc) is 3.08. The average molecular weight is 349 g/mol. The van der Waals surface area contributed by atoms with Crippen LogP contribution in [0.15, 0.2) is 60.9 Å². The summed E-state index contributed by atoms with van der Waals surface area (Å²) in [5.74, 6) is -1.18. The molecule has 1 aromatic heterocycles. The summed E-state index contributed by atoms with van der Waals surface area (Å²) in [7, 11) is 0. The maximum atomic E-state index is 13.0. The Morgan fingerprint density at radius 1 is 1.08 bits per heavy atom. The number of aromatic nitrogens is 2. The lowest BCUT2D eigenvalue weighted by Gasteiger charge is -2.14. The highest BCUT2D eigenvalue weighted by Gasteiger charge is 2.31. The number of halogens is 4. The fraction of sp³-hybridized carbons (Fsp3) is 0.0588. The highest BCUT2D eigenvalue weighted by molar-refractivity contribution is 6.05. The molecule has 0 fully saturated rings. The first kappa shape index (κ1) is 16.7. The van der Waals surface area contributed by atoms with Gasteiger partial charge in [-0.05, 0) is 48.5 Å². The zero-order valence-electron chi connectivity index (χ0n) is 12.6. The summed E-state index contributed by atoms with van der Waals surface area (Å²) in [4.78, 5) is 12.3. The van der Waals surface area contributed by atoms with E-state index in [0.717, 1.165) is 24.3 Å². The highest BCUT2D eigenvalue weighted by Crippen LogP contribution is 2.33. The minimum atomic E-state index is -4.56. The van der Waals surface area contributed by atoms with Gasteiger partial charge in [0.25, 0.3) is 5.91 Å². The van der Waals surface area contributed by atoms with Gasteiger partial charge in [-0.25, -0.2) is 9.07 Å².